The van der Waals surface area contributed by atoms with Crippen LogP contribution in [-0.4, -0.2) is 17.0 Å². The summed E-state index contributed by atoms with van der Waals surface area (Å²) in [6.07, 6.45) is 1.55. The molecule has 0 saturated carbocycles. The second-order valence-electron chi connectivity index (χ2n) is 2.78. The average molecular weight is 182 g/mol. The molecule has 0 amide bonds. The van der Waals surface area contributed by atoms with E-state index in [0.29, 0.717) is 23.8 Å². The lowest BCUT2D eigenvalue weighted by atomic mass is 10.2. The van der Waals surface area contributed by atoms with Crippen LogP contribution in [0, 0.1) is 0 Å². The maximum absolute atomic E-state index is 11.4. The maximum Gasteiger partial charge on any atom is 0.257 e. The molecular weight excluding hydrogens is 168 g/mol. The van der Waals surface area contributed by atoms with Crippen molar-refractivity contribution in [2.45, 2.75) is 19.8 Å². The molecule has 0 aliphatic rings. The third kappa shape index (κ3) is 1.99. The normalized spacial score (nSPS) is 10.0. The molecule has 1 aromatic heterocycles. The molecule has 5 nitrogen and oxygen atoms in total. The van der Waals surface area contributed by atoms with Crippen molar-refractivity contribution in [1.29, 1.82) is 0 Å². The Morgan fingerprint density at radius 1 is 1.62 bits per heavy atom. The summed E-state index contributed by atoms with van der Waals surface area (Å²) in [5, 5.41) is 2.73. The number of nitrogens with two attached hydrogens (primary N) is 1. The lowest BCUT2D eigenvalue weighted by Crippen LogP contribution is -2.18. The predicted molar refractivity (Wildman–Crippen MR) is 52.8 cm³/mol. The molecule has 72 valence electrons. The van der Waals surface area contributed by atoms with Crippen LogP contribution in [0.5, 0.6) is 0 Å². The molecular formula is C8H14N4O. The fourth-order valence-electron chi connectivity index (χ4n) is 1.13. The van der Waals surface area contributed by atoms with Crippen molar-refractivity contribution in [1.82, 2.24) is 9.97 Å². The van der Waals surface area contributed by atoms with Gasteiger partial charge >= 0.3 is 0 Å². The number of nitrogens with one attached hydrogen (secondary N) is 2. The monoisotopic (exact) mass is 182 g/mol. The smallest absolute Gasteiger partial charge is 0.257 e. The first kappa shape index (κ1) is 9.57. The van der Waals surface area contributed by atoms with Gasteiger partial charge in [-0.15, -0.1) is 0 Å². The summed E-state index contributed by atoms with van der Waals surface area (Å²) in [4.78, 5) is 18.0. The number of H-pyrrole nitrogens is 1. The van der Waals surface area contributed by atoms with Gasteiger partial charge in [-0.1, -0.05) is 13.3 Å². The summed E-state index contributed by atoms with van der Waals surface area (Å²) in [5.74, 6) is 0.720. The van der Waals surface area contributed by atoms with Gasteiger partial charge < -0.3 is 11.1 Å². The molecule has 0 fully saturated rings. The third-order valence-corrected chi connectivity index (χ3v) is 1.78. The van der Waals surface area contributed by atoms with Gasteiger partial charge in [0.2, 0.25) is 5.95 Å². The molecule has 5 heteroatoms. The van der Waals surface area contributed by atoms with E-state index in [1.54, 1.807) is 7.05 Å². The van der Waals surface area contributed by atoms with E-state index in [1.807, 2.05) is 6.92 Å². The number of anilines is 2. The van der Waals surface area contributed by atoms with Crippen LogP contribution in [-0.2, 0) is 6.42 Å². The number of nitrogens with zero attached hydrogens (tertiary/aromatic N) is 1. The summed E-state index contributed by atoms with van der Waals surface area (Å²) >= 11 is 0. The topological polar surface area (TPSA) is 83.8 Å². The molecule has 0 spiro atoms. The van der Waals surface area contributed by atoms with E-state index in [1.165, 1.54) is 0 Å². The van der Waals surface area contributed by atoms with Gasteiger partial charge in [0.25, 0.3) is 5.56 Å². The van der Waals surface area contributed by atoms with Gasteiger partial charge in [0.15, 0.2) is 0 Å². The fraction of sp³-hybridized carbons (Fsp3) is 0.500. The second-order valence-corrected chi connectivity index (χ2v) is 2.78. The summed E-state index contributed by atoms with van der Waals surface area (Å²) in [6.45, 7) is 1.99. The number of aromatic amines is 1. The van der Waals surface area contributed by atoms with Gasteiger partial charge in [-0.3, -0.25) is 9.78 Å². The Morgan fingerprint density at radius 2 is 2.31 bits per heavy atom. The minimum Gasteiger partial charge on any atom is -0.383 e. The SMILES string of the molecule is CCCc1c(N)nc(NC)[nH]c1=O. The number of hydrogen-bond acceptors (Lipinski definition) is 4. The molecule has 0 unspecified atom stereocenters. The predicted octanol–water partition coefficient (Wildman–Crippen LogP) is 0.346. The maximum atomic E-state index is 11.4. The zero-order chi connectivity index (χ0) is 9.84. The van der Waals surface area contributed by atoms with Crippen LogP contribution >= 0.6 is 0 Å². The van der Waals surface area contributed by atoms with Crippen molar-refractivity contribution in [3.63, 3.8) is 0 Å². The highest BCUT2D eigenvalue weighted by Gasteiger charge is 2.06. The Hall–Kier alpha value is -1.52. The van der Waals surface area contributed by atoms with Gasteiger partial charge in [-0.25, -0.2) is 0 Å². The van der Waals surface area contributed by atoms with Gasteiger partial charge in [-0.2, -0.15) is 4.98 Å². The highest BCUT2D eigenvalue weighted by molar-refractivity contribution is 5.42. The molecule has 1 rings (SSSR count). The Labute approximate surface area is 76.4 Å². The molecule has 0 aliphatic carbocycles. The Morgan fingerprint density at radius 3 is 2.77 bits per heavy atom. The molecule has 0 atom stereocenters. The zero-order valence-electron chi connectivity index (χ0n) is 7.85. The van der Waals surface area contributed by atoms with Crippen molar-refractivity contribution in [3.8, 4) is 0 Å². The Bertz CT molecular complexity index is 344. The average Bonchev–Trinajstić information content (AvgIpc) is 2.11. The molecule has 0 radical (unpaired) electrons. The van der Waals surface area contributed by atoms with Crippen molar-refractivity contribution in [3.05, 3.63) is 15.9 Å². The number of nitrogen functional groups attached to an aromatic ring is 1. The summed E-state index contributed by atoms with van der Waals surface area (Å²) in [5.41, 5.74) is 6.03. The Kier molecular flexibility index (Phi) is 2.89. The van der Waals surface area contributed by atoms with Crippen molar-refractivity contribution in [2.24, 2.45) is 0 Å². The van der Waals surface area contributed by atoms with Crippen LogP contribution in [0.25, 0.3) is 0 Å². The van der Waals surface area contributed by atoms with Crippen molar-refractivity contribution >= 4 is 11.8 Å². The van der Waals surface area contributed by atoms with E-state index >= 15 is 0 Å². The highest BCUT2D eigenvalue weighted by atomic mass is 16.1. The van der Waals surface area contributed by atoms with Gasteiger partial charge in [0.05, 0.1) is 5.56 Å². The minimum absolute atomic E-state index is 0.154. The largest absolute Gasteiger partial charge is 0.383 e. The summed E-state index contributed by atoms with van der Waals surface area (Å²) in [7, 11) is 1.68. The van der Waals surface area contributed by atoms with Gasteiger partial charge in [0, 0.05) is 7.05 Å². The highest BCUT2D eigenvalue weighted by Crippen LogP contribution is 2.06. The van der Waals surface area contributed by atoms with E-state index < -0.39 is 0 Å². The minimum atomic E-state index is -0.154. The molecule has 0 saturated heterocycles. The van der Waals surface area contributed by atoms with Crippen LogP contribution in [0.1, 0.15) is 18.9 Å². The molecule has 0 aliphatic heterocycles. The third-order valence-electron chi connectivity index (χ3n) is 1.78. The number of aromatic nitrogens is 2. The molecule has 4 N–H and O–H groups in total. The van der Waals surface area contributed by atoms with Crippen LogP contribution in [0.2, 0.25) is 0 Å². The summed E-state index contributed by atoms with van der Waals surface area (Å²) < 4.78 is 0. The van der Waals surface area contributed by atoms with Crippen LogP contribution in [0.4, 0.5) is 11.8 Å². The van der Waals surface area contributed by atoms with Crippen LogP contribution in [0.15, 0.2) is 4.79 Å². The lowest BCUT2D eigenvalue weighted by Gasteiger charge is -2.04. The lowest BCUT2D eigenvalue weighted by molar-refractivity contribution is 0.891. The van der Waals surface area contributed by atoms with Crippen molar-refractivity contribution in [2.75, 3.05) is 18.1 Å². The van der Waals surface area contributed by atoms with Gasteiger partial charge in [-0.05, 0) is 6.42 Å². The van der Waals surface area contributed by atoms with E-state index in [9.17, 15) is 4.79 Å². The second kappa shape index (κ2) is 3.93. The first-order valence-corrected chi connectivity index (χ1v) is 4.25. The first-order chi connectivity index (χ1) is 6.19. The van der Waals surface area contributed by atoms with E-state index in [2.05, 4.69) is 15.3 Å². The quantitative estimate of drug-likeness (QED) is 0.629. The first-order valence-electron chi connectivity index (χ1n) is 4.25. The summed E-state index contributed by atoms with van der Waals surface area (Å²) in [6, 6.07) is 0. The Balaban J connectivity index is 3.15. The molecule has 1 aromatic rings. The molecule has 1 heterocycles. The number of rotatable bonds is 3. The van der Waals surface area contributed by atoms with Crippen molar-refractivity contribution < 1.29 is 0 Å². The molecule has 13 heavy (non-hydrogen) atoms. The van der Waals surface area contributed by atoms with Crippen LogP contribution < -0.4 is 16.6 Å². The van der Waals surface area contributed by atoms with Gasteiger partial charge in [0.1, 0.15) is 5.82 Å². The van der Waals surface area contributed by atoms with E-state index in [-0.39, 0.29) is 5.56 Å². The standard InChI is InChI=1S/C8H14N4O/c1-3-4-5-6(9)11-8(10-2)12-7(5)13/h3-4H2,1-2H3,(H4,9,10,11,12,13). The van der Waals surface area contributed by atoms with Crippen LogP contribution in [0.3, 0.4) is 0 Å². The van der Waals surface area contributed by atoms with E-state index in [0.717, 1.165) is 6.42 Å². The van der Waals surface area contributed by atoms with E-state index in [4.69, 9.17) is 5.73 Å². The molecule has 0 aromatic carbocycles. The number of hydrogen-bond donors (Lipinski definition) is 3. The molecule has 0 bridgehead atoms. The fourth-order valence-corrected chi connectivity index (χ4v) is 1.13. The zero-order valence-corrected chi connectivity index (χ0v) is 7.85.